The van der Waals surface area contributed by atoms with Crippen molar-refractivity contribution < 1.29 is 57.1 Å². The summed E-state index contributed by atoms with van der Waals surface area (Å²) in [5.74, 6) is -0.495. The number of halogens is 1. The van der Waals surface area contributed by atoms with E-state index in [1.54, 1.807) is 46.5 Å². The van der Waals surface area contributed by atoms with Crippen LogP contribution in [0.5, 0.6) is 0 Å². The number of nitrogens with two attached hydrogens (primary N) is 2. The third kappa shape index (κ3) is 17.0. The summed E-state index contributed by atoms with van der Waals surface area (Å²) in [6.07, 6.45) is 5.66. The van der Waals surface area contributed by atoms with E-state index in [2.05, 4.69) is 35.9 Å². The number of amides is 5. The number of fused-ring (bicyclic) bond motifs is 1. The molecule has 8 rings (SSSR count). The number of ether oxygens (including phenoxy) is 7. The highest BCUT2D eigenvalue weighted by atomic mass is 35.5. The highest BCUT2D eigenvalue weighted by Crippen LogP contribution is 2.43. The van der Waals surface area contributed by atoms with Gasteiger partial charge >= 0.3 is 0 Å². The van der Waals surface area contributed by atoms with Gasteiger partial charge in [0.15, 0.2) is 5.82 Å². The zero-order valence-electron chi connectivity index (χ0n) is 46.3. The third-order valence-corrected chi connectivity index (χ3v) is 16.5. The Labute approximate surface area is 485 Å². The maximum Gasteiger partial charge on any atom is 0.277 e. The Balaban J connectivity index is 0.585. The van der Waals surface area contributed by atoms with E-state index < -0.39 is 17.5 Å². The largest absolute Gasteiger partial charge is 0.382 e. The molecule has 0 aliphatic carbocycles. The molecule has 2 aromatic heterocycles. The summed E-state index contributed by atoms with van der Waals surface area (Å²) >= 11 is 8.00. The molecule has 82 heavy (non-hydrogen) atoms. The minimum Gasteiger partial charge on any atom is -0.382 e. The topological polar surface area (TPSA) is 308 Å². The SMILES string of the molecule is C[C@@H]1OCC2(CCN(c3cnc(Sc4cccc(NC(=O)CCC(=O)N5CCN(C(=O)CCOCCOCCOCCOCCOCCOCCNc6cccc7cnn(C8CCC(=O)NC8=O)c(=O)c67)CC5)c4Cl)c(N)n3)CC2)[C@@H]1N. The predicted octanol–water partition coefficient (Wildman–Crippen LogP) is 2.87. The van der Waals surface area contributed by atoms with Crippen LogP contribution in [-0.2, 0) is 57.1 Å². The van der Waals surface area contributed by atoms with Crippen LogP contribution in [0.15, 0.2) is 63.5 Å². The number of hydrogen-bond acceptors (Lipinski definition) is 21. The van der Waals surface area contributed by atoms with E-state index >= 15 is 0 Å². The number of nitrogens with one attached hydrogen (secondary N) is 3. The van der Waals surface area contributed by atoms with Gasteiger partial charge in [0, 0.05) is 92.5 Å². The first-order chi connectivity index (χ1) is 39.8. The summed E-state index contributed by atoms with van der Waals surface area (Å²) in [5, 5.41) is 14.4. The van der Waals surface area contributed by atoms with Gasteiger partial charge in [-0.05, 0) is 44.4 Å². The van der Waals surface area contributed by atoms with E-state index in [1.165, 1.54) is 11.8 Å². The highest BCUT2D eigenvalue weighted by molar-refractivity contribution is 7.99. The van der Waals surface area contributed by atoms with Crippen LogP contribution in [0.1, 0.15) is 57.9 Å². The lowest BCUT2D eigenvalue weighted by molar-refractivity contribution is -0.140. The van der Waals surface area contributed by atoms with Crippen LogP contribution in [0.4, 0.5) is 23.0 Å². The van der Waals surface area contributed by atoms with E-state index in [-0.39, 0.29) is 85.7 Å². The second-order valence-electron chi connectivity index (χ2n) is 20.3. The van der Waals surface area contributed by atoms with E-state index in [0.29, 0.717) is 155 Å². The van der Waals surface area contributed by atoms with Crippen LogP contribution in [0.3, 0.4) is 0 Å². The van der Waals surface area contributed by atoms with Crippen LogP contribution in [0.2, 0.25) is 5.02 Å². The van der Waals surface area contributed by atoms with Crippen LogP contribution in [-0.4, -0.2) is 203 Å². The van der Waals surface area contributed by atoms with E-state index in [4.69, 9.17) is 56.2 Å². The summed E-state index contributed by atoms with van der Waals surface area (Å²) < 4.78 is 40.5. The molecule has 0 bridgehead atoms. The van der Waals surface area contributed by atoms with Gasteiger partial charge in [-0.15, -0.1) is 0 Å². The maximum atomic E-state index is 13.3. The van der Waals surface area contributed by atoms with Gasteiger partial charge in [-0.2, -0.15) is 5.10 Å². The number of rotatable bonds is 30. The van der Waals surface area contributed by atoms with Crippen molar-refractivity contribution >= 4 is 86.7 Å². The molecule has 4 saturated heterocycles. The number of nitrogen functional groups attached to an aromatic ring is 1. The molecule has 4 aliphatic rings. The van der Waals surface area contributed by atoms with Crippen molar-refractivity contribution in [2.45, 2.75) is 80.0 Å². The number of aromatic nitrogens is 4. The molecule has 7 N–H and O–H groups in total. The van der Waals surface area contributed by atoms with Crippen molar-refractivity contribution in [3.63, 3.8) is 0 Å². The van der Waals surface area contributed by atoms with Crippen LogP contribution >= 0.6 is 23.4 Å². The average Bonchev–Trinajstić information content (AvgIpc) is 3.68. The number of imide groups is 1. The van der Waals surface area contributed by atoms with Gasteiger partial charge in [-0.3, -0.25) is 34.1 Å². The molecule has 446 valence electrons. The molecule has 1 spiro atoms. The van der Waals surface area contributed by atoms with Crippen molar-refractivity contribution in [1.82, 2.24) is 34.9 Å². The molecule has 1 unspecified atom stereocenters. The van der Waals surface area contributed by atoms with Crippen LogP contribution in [0.25, 0.3) is 10.8 Å². The number of piperazine rings is 1. The van der Waals surface area contributed by atoms with Crippen molar-refractivity contribution in [1.29, 1.82) is 0 Å². The first kappa shape index (κ1) is 62.0. The van der Waals surface area contributed by atoms with Crippen LogP contribution in [0, 0.1) is 5.41 Å². The average molecular weight is 1180 g/mol. The molecule has 4 aliphatic heterocycles. The monoisotopic (exact) mass is 1180 g/mol. The minimum atomic E-state index is -0.846. The molecule has 4 aromatic rings. The minimum absolute atomic E-state index is 0.0100. The van der Waals surface area contributed by atoms with Crippen molar-refractivity contribution in [3.05, 3.63) is 64.2 Å². The summed E-state index contributed by atoms with van der Waals surface area (Å²) in [6.45, 7) is 10.7. The molecule has 6 heterocycles. The zero-order valence-corrected chi connectivity index (χ0v) is 47.9. The lowest BCUT2D eigenvalue weighted by atomic mass is 9.73. The van der Waals surface area contributed by atoms with Crippen molar-refractivity contribution in [2.24, 2.45) is 11.1 Å². The number of nitrogens with zero attached hydrogens (tertiary/aromatic N) is 7. The fourth-order valence-electron chi connectivity index (χ4n) is 10.1. The van der Waals surface area contributed by atoms with Crippen molar-refractivity contribution in [2.75, 3.05) is 153 Å². The molecule has 5 amide bonds. The maximum absolute atomic E-state index is 13.3. The number of anilines is 4. The van der Waals surface area contributed by atoms with Gasteiger partial charge in [0.1, 0.15) is 16.9 Å². The van der Waals surface area contributed by atoms with Gasteiger partial charge < -0.3 is 70.0 Å². The fourth-order valence-corrected chi connectivity index (χ4v) is 11.2. The first-order valence-electron chi connectivity index (χ1n) is 27.9. The van der Waals surface area contributed by atoms with E-state index in [9.17, 15) is 28.8 Å². The lowest BCUT2D eigenvalue weighted by Gasteiger charge is -2.41. The van der Waals surface area contributed by atoms with Gasteiger partial charge in [-0.25, -0.2) is 14.6 Å². The van der Waals surface area contributed by atoms with Gasteiger partial charge in [0.25, 0.3) is 11.5 Å². The van der Waals surface area contributed by atoms with Crippen molar-refractivity contribution in [3.8, 4) is 0 Å². The summed E-state index contributed by atoms with van der Waals surface area (Å²) in [7, 11) is 0. The quantitative estimate of drug-likeness (QED) is 0.0370. The molecule has 4 fully saturated rings. The lowest BCUT2D eigenvalue weighted by Crippen LogP contribution is -2.50. The Kier molecular flexibility index (Phi) is 23.4. The molecule has 25 nitrogen and oxygen atoms in total. The normalized spacial score (nSPS) is 19.0. The summed E-state index contributed by atoms with van der Waals surface area (Å²) in [6, 6.07) is 9.81. The number of carbonyl (C=O) groups excluding carboxylic acids is 5. The Morgan fingerprint density at radius 2 is 1.38 bits per heavy atom. The molecule has 3 atom stereocenters. The summed E-state index contributed by atoms with van der Waals surface area (Å²) in [4.78, 5) is 91.7. The Bertz CT molecular complexity index is 2870. The second kappa shape index (κ2) is 31.0. The number of piperidine rings is 2. The van der Waals surface area contributed by atoms with Gasteiger partial charge in [0.2, 0.25) is 23.6 Å². The summed E-state index contributed by atoms with van der Waals surface area (Å²) in [5.41, 5.74) is 13.5. The highest BCUT2D eigenvalue weighted by Gasteiger charge is 2.47. The van der Waals surface area contributed by atoms with Gasteiger partial charge in [-0.1, -0.05) is 41.6 Å². The molecule has 0 saturated carbocycles. The Morgan fingerprint density at radius 1 is 0.780 bits per heavy atom. The molecule has 2 aromatic carbocycles. The standard InChI is InChI=1S/C55H75ClN12O13S/c1-37-50(57)55(36-81-37)13-16-65(17-14-55)43-35-60-53(51(58)63-43)82-42-7-3-6-40(49(42)56)62-44(69)10-11-46(71)66-18-20-67(21-19-66)47(72)12-22-75-24-26-77-28-30-79-32-33-80-31-29-78-27-25-76-23-15-59-39-5-2-4-38-34-61-68(54(74)48(38)39)41-8-9-45(70)64-52(41)73/h2-7,34-35,37,41,50,59H,8-33,36,57H2,1H3,(H2,58,63)(H,62,69)(H,64,70,73)/t37-,41?,50+/m0/s1. The number of carbonyl (C=O) groups is 5. The number of hydrogen-bond donors (Lipinski definition) is 5. The van der Waals surface area contributed by atoms with Gasteiger partial charge in [0.05, 0.1) is 127 Å². The third-order valence-electron chi connectivity index (χ3n) is 14.9. The second-order valence-corrected chi connectivity index (χ2v) is 21.7. The molecular weight excluding hydrogens is 1100 g/mol. The molecule has 27 heteroatoms. The predicted molar refractivity (Wildman–Crippen MR) is 306 cm³/mol. The smallest absolute Gasteiger partial charge is 0.277 e. The molecule has 0 radical (unpaired) electrons. The van der Waals surface area contributed by atoms with E-state index in [1.807, 2.05) is 19.1 Å². The fraction of sp³-hybridized carbons (Fsp3) is 0.582. The Hall–Kier alpha value is -6.07. The Morgan fingerprint density at radius 3 is 1.99 bits per heavy atom. The number of benzene rings is 2. The first-order valence-corrected chi connectivity index (χ1v) is 29.1. The van der Waals surface area contributed by atoms with Crippen LogP contribution < -0.4 is 37.9 Å². The molecular formula is C55H75ClN12O13S. The van der Waals surface area contributed by atoms with E-state index in [0.717, 1.165) is 30.6 Å². The zero-order chi connectivity index (χ0) is 57.8.